The molecule has 1 aliphatic carbocycles. The van der Waals surface area contributed by atoms with Crippen molar-refractivity contribution < 1.29 is 13.5 Å². The van der Waals surface area contributed by atoms with Gasteiger partial charge in [-0.15, -0.1) is 0 Å². The van der Waals surface area contributed by atoms with E-state index in [4.69, 9.17) is 16.7 Å². The molecule has 6 heteroatoms. The first-order chi connectivity index (χ1) is 9.03. The minimum Gasteiger partial charge on any atom is -0.392 e. The van der Waals surface area contributed by atoms with Crippen LogP contribution in [0.2, 0.25) is 5.02 Å². The predicted octanol–water partition coefficient (Wildman–Crippen LogP) is 2.30. The average Bonchev–Trinajstić information content (AvgIpc) is 2.90. The zero-order valence-electron chi connectivity index (χ0n) is 10.6. The second-order valence-corrected chi connectivity index (χ2v) is 7.09. The second-order valence-electron chi connectivity index (χ2n) is 4.91. The van der Waals surface area contributed by atoms with Crippen molar-refractivity contribution in [3.05, 3.63) is 28.8 Å². The fourth-order valence-electron chi connectivity index (χ4n) is 2.36. The van der Waals surface area contributed by atoms with Crippen molar-refractivity contribution in [2.24, 2.45) is 5.92 Å². The van der Waals surface area contributed by atoms with Crippen LogP contribution < -0.4 is 4.72 Å². The van der Waals surface area contributed by atoms with Crippen molar-refractivity contribution in [2.45, 2.75) is 37.2 Å². The maximum atomic E-state index is 12.1. The first-order valence-electron chi connectivity index (χ1n) is 6.42. The largest absolute Gasteiger partial charge is 0.392 e. The maximum Gasteiger partial charge on any atom is 0.240 e. The predicted molar refractivity (Wildman–Crippen MR) is 74.5 cm³/mol. The third-order valence-electron chi connectivity index (χ3n) is 3.53. The van der Waals surface area contributed by atoms with Crippen LogP contribution in [0.3, 0.4) is 0 Å². The number of benzene rings is 1. The Labute approximate surface area is 118 Å². The summed E-state index contributed by atoms with van der Waals surface area (Å²) in [5.74, 6) is 0.444. The summed E-state index contributed by atoms with van der Waals surface area (Å²) in [5, 5.41) is 9.48. The highest BCUT2D eigenvalue weighted by Gasteiger charge is 2.20. The molecule has 0 bridgehead atoms. The lowest BCUT2D eigenvalue weighted by Gasteiger charge is -2.12. The van der Waals surface area contributed by atoms with Crippen LogP contribution in [0, 0.1) is 5.92 Å². The number of sulfonamides is 1. The van der Waals surface area contributed by atoms with Crippen LogP contribution >= 0.6 is 11.6 Å². The van der Waals surface area contributed by atoms with E-state index in [1.165, 1.54) is 31.0 Å². The molecule has 106 valence electrons. The van der Waals surface area contributed by atoms with Crippen LogP contribution in [0.5, 0.6) is 0 Å². The molecule has 0 saturated heterocycles. The molecule has 0 radical (unpaired) electrons. The lowest BCUT2D eigenvalue weighted by Crippen LogP contribution is -2.28. The molecule has 19 heavy (non-hydrogen) atoms. The second kappa shape index (κ2) is 6.22. The van der Waals surface area contributed by atoms with Crippen molar-refractivity contribution >= 4 is 21.6 Å². The average molecular weight is 304 g/mol. The number of aliphatic hydroxyl groups is 1. The van der Waals surface area contributed by atoms with E-state index < -0.39 is 10.0 Å². The van der Waals surface area contributed by atoms with E-state index in [0.717, 1.165) is 12.8 Å². The van der Waals surface area contributed by atoms with Crippen molar-refractivity contribution in [2.75, 3.05) is 6.54 Å². The number of nitrogens with one attached hydrogen (secondary N) is 1. The zero-order valence-corrected chi connectivity index (χ0v) is 12.2. The third-order valence-corrected chi connectivity index (χ3v) is 5.32. The van der Waals surface area contributed by atoms with Crippen LogP contribution in [0.1, 0.15) is 31.2 Å². The number of aliphatic hydroxyl groups excluding tert-OH is 1. The fourth-order valence-corrected chi connectivity index (χ4v) is 3.71. The van der Waals surface area contributed by atoms with E-state index in [1.54, 1.807) is 0 Å². The summed E-state index contributed by atoms with van der Waals surface area (Å²) < 4.78 is 26.9. The van der Waals surface area contributed by atoms with Gasteiger partial charge in [-0.3, -0.25) is 0 Å². The lowest BCUT2D eigenvalue weighted by molar-refractivity contribution is 0.281. The van der Waals surface area contributed by atoms with E-state index in [-0.39, 0.29) is 11.5 Å². The number of hydrogen-bond donors (Lipinski definition) is 2. The van der Waals surface area contributed by atoms with E-state index >= 15 is 0 Å². The molecule has 1 aromatic rings. The molecule has 2 N–H and O–H groups in total. The smallest absolute Gasteiger partial charge is 0.240 e. The van der Waals surface area contributed by atoms with Crippen molar-refractivity contribution in [1.29, 1.82) is 0 Å². The van der Waals surface area contributed by atoms with Gasteiger partial charge in [-0.2, -0.15) is 0 Å². The summed E-state index contributed by atoms with van der Waals surface area (Å²) in [6, 6.07) is 4.37. The van der Waals surface area contributed by atoms with Gasteiger partial charge >= 0.3 is 0 Å². The molecule has 0 amide bonds. The first kappa shape index (κ1) is 14.8. The fraction of sp³-hybridized carbons (Fsp3) is 0.538. The molecular formula is C13H18ClNO3S. The Morgan fingerprint density at radius 3 is 2.63 bits per heavy atom. The first-order valence-corrected chi connectivity index (χ1v) is 8.28. The van der Waals surface area contributed by atoms with Crippen molar-refractivity contribution in [3.8, 4) is 0 Å². The summed E-state index contributed by atoms with van der Waals surface area (Å²) in [4.78, 5) is 0.152. The van der Waals surface area contributed by atoms with Crippen molar-refractivity contribution in [1.82, 2.24) is 4.72 Å². The highest BCUT2D eigenvalue weighted by molar-refractivity contribution is 7.89. The van der Waals surface area contributed by atoms with Gasteiger partial charge in [-0.1, -0.05) is 24.4 Å². The third kappa shape index (κ3) is 3.69. The Balaban J connectivity index is 2.10. The summed E-state index contributed by atoms with van der Waals surface area (Å²) >= 11 is 5.85. The Morgan fingerprint density at radius 1 is 1.32 bits per heavy atom. The Hall–Kier alpha value is -0.620. The molecule has 0 heterocycles. The molecule has 1 aliphatic rings. The van der Waals surface area contributed by atoms with Gasteiger partial charge in [0.2, 0.25) is 10.0 Å². The topological polar surface area (TPSA) is 66.4 Å². The van der Waals surface area contributed by atoms with Gasteiger partial charge in [-0.25, -0.2) is 13.1 Å². The van der Waals surface area contributed by atoms with Gasteiger partial charge in [0, 0.05) is 11.6 Å². The number of rotatable bonds is 5. The van der Waals surface area contributed by atoms with Crippen LogP contribution in [0.4, 0.5) is 0 Å². The molecule has 0 atom stereocenters. The number of hydrogen-bond acceptors (Lipinski definition) is 3. The molecule has 0 aliphatic heterocycles. The summed E-state index contributed by atoms with van der Waals surface area (Å²) in [7, 11) is -3.52. The minimum absolute atomic E-state index is 0.152. The van der Waals surface area contributed by atoms with Gasteiger partial charge in [0.05, 0.1) is 11.5 Å². The van der Waals surface area contributed by atoms with E-state index in [0.29, 0.717) is 23.0 Å². The number of halogens is 1. The molecule has 1 aromatic carbocycles. The van der Waals surface area contributed by atoms with Gasteiger partial charge in [-0.05, 0) is 42.5 Å². The van der Waals surface area contributed by atoms with Gasteiger partial charge in [0.25, 0.3) is 0 Å². The zero-order chi connectivity index (χ0) is 13.9. The molecule has 0 unspecified atom stereocenters. The minimum atomic E-state index is -3.52. The maximum absolute atomic E-state index is 12.1. The highest BCUT2D eigenvalue weighted by Crippen LogP contribution is 2.25. The summed E-state index contributed by atoms with van der Waals surface area (Å²) in [5.41, 5.74) is 0.422. The highest BCUT2D eigenvalue weighted by atomic mass is 35.5. The van der Waals surface area contributed by atoms with Gasteiger partial charge in [0.15, 0.2) is 0 Å². The molecule has 0 spiro atoms. The Bertz CT molecular complexity index is 539. The van der Waals surface area contributed by atoms with Crippen LogP contribution in [0.25, 0.3) is 0 Å². The quantitative estimate of drug-likeness (QED) is 0.877. The summed E-state index contributed by atoms with van der Waals surface area (Å²) in [6.45, 7) is 0.213. The standard InChI is InChI=1S/C13H18ClNO3S/c14-13-6-5-12(7-11(13)9-16)19(17,18)15-8-10-3-1-2-4-10/h5-7,10,15-16H,1-4,8-9H2. The molecular weight excluding hydrogens is 286 g/mol. The molecule has 1 saturated carbocycles. The molecule has 1 fully saturated rings. The molecule has 4 nitrogen and oxygen atoms in total. The SMILES string of the molecule is O=S(=O)(NCC1CCCC1)c1ccc(Cl)c(CO)c1. The summed E-state index contributed by atoms with van der Waals surface area (Å²) in [6.07, 6.45) is 4.54. The Morgan fingerprint density at radius 2 is 2.00 bits per heavy atom. The van der Waals surface area contributed by atoms with Crippen LogP contribution in [0.15, 0.2) is 23.1 Å². The van der Waals surface area contributed by atoms with Crippen LogP contribution in [-0.2, 0) is 16.6 Å². The Kier molecular flexibility index (Phi) is 4.84. The molecule has 2 rings (SSSR count). The van der Waals surface area contributed by atoms with Gasteiger partial charge in [0.1, 0.15) is 0 Å². The van der Waals surface area contributed by atoms with E-state index in [2.05, 4.69) is 4.72 Å². The van der Waals surface area contributed by atoms with E-state index in [1.807, 2.05) is 0 Å². The monoisotopic (exact) mass is 303 g/mol. The van der Waals surface area contributed by atoms with Crippen LogP contribution in [-0.4, -0.2) is 20.1 Å². The van der Waals surface area contributed by atoms with E-state index in [9.17, 15) is 8.42 Å². The molecule has 0 aromatic heterocycles. The van der Waals surface area contributed by atoms with Gasteiger partial charge < -0.3 is 5.11 Å². The normalized spacial score (nSPS) is 16.9. The lowest BCUT2D eigenvalue weighted by atomic mass is 10.1. The van der Waals surface area contributed by atoms with Crippen molar-refractivity contribution in [3.63, 3.8) is 0 Å².